The number of carbonyl (C=O) groups excluding carboxylic acids is 1. The number of unbranched alkanes of at least 4 members (excludes halogenated alkanes) is 3. The van der Waals surface area contributed by atoms with Crippen LogP contribution in [0.3, 0.4) is 0 Å². The van der Waals surface area contributed by atoms with E-state index < -0.39 is 0 Å². The maximum Gasteiger partial charge on any atom is 0.257 e. The van der Waals surface area contributed by atoms with Gasteiger partial charge >= 0.3 is 0 Å². The highest BCUT2D eigenvalue weighted by Crippen LogP contribution is 2.28. The van der Waals surface area contributed by atoms with Gasteiger partial charge in [-0.25, -0.2) is 14.4 Å². The van der Waals surface area contributed by atoms with E-state index in [1.165, 1.54) is 6.07 Å². The Kier molecular flexibility index (Phi) is 6.63. The molecule has 2 heterocycles. The number of nitrogens with one attached hydrogen (secondary N) is 1. The first-order valence-electron chi connectivity index (χ1n) is 11.2. The topological polar surface area (TPSA) is 85.8 Å². The second-order valence-electron chi connectivity index (χ2n) is 7.95. The first-order chi connectivity index (χ1) is 15.6. The number of fused-ring (bicyclic) bond motifs is 2. The SMILES string of the molecule is CCCCCCNC(=O)c1c(N)n(CCc2ccccc2F)c2nc3ccccc3nc12. The van der Waals surface area contributed by atoms with Gasteiger partial charge in [0.05, 0.1) is 11.0 Å². The first kappa shape index (κ1) is 21.7. The van der Waals surface area contributed by atoms with Crippen LogP contribution < -0.4 is 11.1 Å². The van der Waals surface area contributed by atoms with Crippen LogP contribution in [0.15, 0.2) is 48.5 Å². The van der Waals surface area contributed by atoms with Gasteiger partial charge in [-0.15, -0.1) is 0 Å². The van der Waals surface area contributed by atoms with E-state index in [1.54, 1.807) is 22.8 Å². The number of carbonyl (C=O) groups is 1. The molecule has 32 heavy (non-hydrogen) atoms. The number of benzene rings is 2. The molecule has 0 fully saturated rings. The Hall–Kier alpha value is -3.48. The highest BCUT2D eigenvalue weighted by atomic mass is 19.1. The largest absolute Gasteiger partial charge is 0.384 e. The molecule has 2 aromatic heterocycles. The molecular weight excluding hydrogens is 405 g/mol. The van der Waals surface area contributed by atoms with E-state index in [-0.39, 0.29) is 11.7 Å². The van der Waals surface area contributed by atoms with Gasteiger partial charge in [0.2, 0.25) is 0 Å². The quantitative estimate of drug-likeness (QED) is 0.369. The number of nitrogen functional groups attached to an aromatic ring is 1. The molecule has 4 aromatic rings. The van der Waals surface area contributed by atoms with Gasteiger partial charge in [0.15, 0.2) is 5.65 Å². The minimum atomic E-state index is -0.260. The molecule has 0 aliphatic heterocycles. The van der Waals surface area contributed by atoms with E-state index in [2.05, 4.69) is 12.2 Å². The van der Waals surface area contributed by atoms with E-state index >= 15 is 0 Å². The molecular formula is C25H28FN5O. The normalized spacial score (nSPS) is 11.3. The van der Waals surface area contributed by atoms with Crippen LogP contribution in [-0.2, 0) is 13.0 Å². The third-order valence-electron chi connectivity index (χ3n) is 5.70. The fraction of sp³-hybridized carbons (Fsp3) is 0.320. The van der Waals surface area contributed by atoms with Gasteiger partial charge in [0.1, 0.15) is 22.7 Å². The first-order valence-corrected chi connectivity index (χ1v) is 11.2. The second-order valence-corrected chi connectivity index (χ2v) is 7.95. The maximum absolute atomic E-state index is 14.1. The average Bonchev–Trinajstić information content (AvgIpc) is 3.07. The zero-order valence-electron chi connectivity index (χ0n) is 18.3. The van der Waals surface area contributed by atoms with Crippen LogP contribution in [0.25, 0.3) is 22.2 Å². The molecule has 4 rings (SSSR count). The van der Waals surface area contributed by atoms with Crippen molar-refractivity contribution < 1.29 is 9.18 Å². The lowest BCUT2D eigenvalue weighted by atomic mass is 10.1. The van der Waals surface area contributed by atoms with Crippen LogP contribution in [0.1, 0.15) is 48.5 Å². The average molecular weight is 434 g/mol. The number of amides is 1. The number of rotatable bonds is 9. The second kappa shape index (κ2) is 9.77. The van der Waals surface area contributed by atoms with Crippen LogP contribution in [0.2, 0.25) is 0 Å². The van der Waals surface area contributed by atoms with E-state index in [0.29, 0.717) is 53.1 Å². The van der Waals surface area contributed by atoms with Crippen LogP contribution in [-0.4, -0.2) is 27.0 Å². The number of aryl methyl sites for hydroxylation is 2. The number of anilines is 1. The maximum atomic E-state index is 14.1. The summed E-state index contributed by atoms with van der Waals surface area (Å²) in [6.45, 7) is 3.12. The summed E-state index contributed by atoms with van der Waals surface area (Å²) in [5.74, 6) is -0.208. The van der Waals surface area contributed by atoms with E-state index in [0.717, 1.165) is 31.2 Å². The molecule has 0 aliphatic rings. The third kappa shape index (κ3) is 4.42. The summed E-state index contributed by atoms with van der Waals surface area (Å²) >= 11 is 0. The summed E-state index contributed by atoms with van der Waals surface area (Å²) in [5, 5.41) is 2.98. The Morgan fingerprint density at radius 2 is 1.75 bits per heavy atom. The van der Waals surface area contributed by atoms with Crippen molar-refractivity contribution in [2.45, 2.75) is 45.6 Å². The smallest absolute Gasteiger partial charge is 0.257 e. The van der Waals surface area contributed by atoms with Crippen molar-refractivity contribution in [2.75, 3.05) is 12.3 Å². The van der Waals surface area contributed by atoms with E-state index in [1.807, 2.05) is 24.3 Å². The fourth-order valence-electron chi connectivity index (χ4n) is 3.94. The number of hydrogen-bond donors (Lipinski definition) is 2. The van der Waals surface area contributed by atoms with Crippen molar-refractivity contribution in [2.24, 2.45) is 0 Å². The van der Waals surface area contributed by atoms with E-state index in [4.69, 9.17) is 15.7 Å². The number of aromatic nitrogens is 3. The molecule has 1 amide bonds. The lowest BCUT2D eigenvalue weighted by Gasteiger charge is -2.09. The highest BCUT2D eigenvalue weighted by Gasteiger charge is 2.23. The Balaban J connectivity index is 1.70. The molecule has 0 unspecified atom stereocenters. The summed E-state index contributed by atoms with van der Waals surface area (Å²) in [7, 11) is 0. The summed E-state index contributed by atoms with van der Waals surface area (Å²) < 4.78 is 15.9. The van der Waals surface area contributed by atoms with Crippen LogP contribution in [0.5, 0.6) is 0 Å². The zero-order valence-corrected chi connectivity index (χ0v) is 18.3. The number of para-hydroxylation sites is 2. The molecule has 0 aliphatic carbocycles. The van der Waals surface area contributed by atoms with Crippen molar-refractivity contribution >= 4 is 33.9 Å². The fourth-order valence-corrected chi connectivity index (χ4v) is 3.94. The van der Waals surface area contributed by atoms with Crippen molar-refractivity contribution in [3.63, 3.8) is 0 Å². The van der Waals surface area contributed by atoms with Crippen molar-refractivity contribution in [1.29, 1.82) is 0 Å². The van der Waals surface area contributed by atoms with Gasteiger partial charge in [0, 0.05) is 13.1 Å². The van der Waals surface area contributed by atoms with Gasteiger partial charge in [-0.3, -0.25) is 4.79 Å². The predicted molar refractivity (Wildman–Crippen MR) is 126 cm³/mol. The molecule has 0 atom stereocenters. The monoisotopic (exact) mass is 433 g/mol. The minimum Gasteiger partial charge on any atom is -0.384 e. The minimum absolute atomic E-state index is 0.252. The number of nitrogens with two attached hydrogens (primary N) is 1. The van der Waals surface area contributed by atoms with Gasteiger partial charge in [-0.1, -0.05) is 56.5 Å². The molecule has 166 valence electrons. The molecule has 0 bridgehead atoms. The molecule has 0 spiro atoms. The molecule has 6 nitrogen and oxygen atoms in total. The predicted octanol–water partition coefficient (Wildman–Crippen LogP) is 4.86. The molecule has 0 saturated heterocycles. The Labute approximate surface area is 186 Å². The van der Waals surface area contributed by atoms with Gasteiger partial charge < -0.3 is 15.6 Å². The molecule has 3 N–H and O–H groups in total. The van der Waals surface area contributed by atoms with Gasteiger partial charge in [-0.05, 0) is 36.6 Å². The van der Waals surface area contributed by atoms with Crippen molar-refractivity contribution in [1.82, 2.24) is 19.9 Å². The molecule has 7 heteroatoms. The summed E-state index contributed by atoms with van der Waals surface area (Å²) in [6.07, 6.45) is 4.69. The highest BCUT2D eigenvalue weighted by molar-refractivity contribution is 6.10. The molecule has 0 radical (unpaired) electrons. The molecule has 0 saturated carbocycles. The Bertz CT molecular complexity index is 1250. The number of nitrogens with zero attached hydrogens (tertiary/aromatic N) is 3. The summed E-state index contributed by atoms with van der Waals surface area (Å²) in [6, 6.07) is 14.2. The van der Waals surface area contributed by atoms with Crippen LogP contribution in [0, 0.1) is 5.82 Å². The Morgan fingerprint density at radius 3 is 2.50 bits per heavy atom. The Morgan fingerprint density at radius 1 is 1.03 bits per heavy atom. The van der Waals surface area contributed by atoms with Crippen LogP contribution >= 0.6 is 0 Å². The third-order valence-corrected chi connectivity index (χ3v) is 5.70. The number of hydrogen-bond acceptors (Lipinski definition) is 4. The molecule has 2 aromatic carbocycles. The standard InChI is InChI=1S/C25H28FN5O/c1-2-3-4-9-15-28-25(32)21-22-24(30-20-13-8-7-12-19(20)29-22)31(23(21)27)16-14-17-10-5-6-11-18(17)26/h5-8,10-13H,2-4,9,14-16,27H2,1H3,(H,28,32). The summed E-state index contributed by atoms with van der Waals surface area (Å²) in [5.41, 5.74) is 9.81. The van der Waals surface area contributed by atoms with Gasteiger partial charge in [-0.2, -0.15) is 0 Å². The lowest BCUT2D eigenvalue weighted by molar-refractivity contribution is 0.0955. The van der Waals surface area contributed by atoms with Gasteiger partial charge in [0.25, 0.3) is 5.91 Å². The zero-order chi connectivity index (χ0) is 22.5. The summed E-state index contributed by atoms with van der Waals surface area (Å²) in [4.78, 5) is 22.5. The number of halogens is 1. The lowest BCUT2D eigenvalue weighted by Crippen LogP contribution is -2.25. The van der Waals surface area contributed by atoms with E-state index in [9.17, 15) is 9.18 Å². The van der Waals surface area contributed by atoms with Crippen LogP contribution in [0.4, 0.5) is 10.2 Å². The van der Waals surface area contributed by atoms with Crippen molar-refractivity contribution in [3.8, 4) is 0 Å². The van der Waals surface area contributed by atoms with Crippen molar-refractivity contribution in [3.05, 3.63) is 65.5 Å².